The SMILES string of the molecule is COc1ccc([C@]23CCN(C)[C@H]2C[C@@H](O)[C@H](CC(C)C)C3)cc1OC. The number of hydrogen-bond acceptors (Lipinski definition) is 4. The van der Waals surface area contributed by atoms with Gasteiger partial charge in [0.1, 0.15) is 0 Å². The maximum atomic E-state index is 10.8. The van der Waals surface area contributed by atoms with Crippen LogP contribution in [0.1, 0.15) is 45.1 Å². The van der Waals surface area contributed by atoms with Crippen LogP contribution < -0.4 is 9.47 Å². The highest BCUT2D eigenvalue weighted by molar-refractivity contribution is 5.46. The van der Waals surface area contributed by atoms with Crippen molar-refractivity contribution in [1.29, 1.82) is 0 Å². The molecule has 2 fully saturated rings. The second kappa shape index (κ2) is 7.16. The van der Waals surface area contributed by atoms with Gasteiger partial charge in [-0.1, -0.05) is 19.9 Å². The highest BCUT2D eigenvalue weighted by Gasteiger charge is 2.53. The summed E-state index contributed by atoms with van der Waals surface area (Å²) >= 11 is 0. The molecular weight excluding hydrogens is 314 g/mol. The van der Waals surface area contributed by atoms with Crippen molar-refractivity contribution in [3.05, 3.63) is 23.8 Å². The van der Waals surface area contributed by atoms with Gasteiger partial charge in [-0.2, -0.15) is 0 Å². The number of hydrogen-bond donors (Lipinski definition) is 1. The average molecular weight is 347 g/mol. The summed E-state index contributed by atoms with van der Waals surface area (Å²) in [6, 6.07) is 6.79. The van der Waals surface area contributed by atoms with Crippen LogP contribution in [0.15, 0.2) is 18.2 Å². The standard InChI is InChI=1S/C21H33NO3/c1-14(2)10-15-13-21(8-9-22(3)20(21)12-17(15)23)16-6-7-18(24-4)19(11-16)25-5/h6-7,11,14-15,17,20,23H,8-10,12-13H2,1-5H3/t15-,17-,20+,21-/m1/s1. The third kappa shape index (κ3) is 3.26. The minimum atomic E-state index is -0.193. The Morgan fingerprint density at radius 1 is 1.24 bits per heavy atom. The molecule has 1 N–H and O–H groups in total. The summed E-state index contributed by atoms with van der Waals surface area (Å²) in [5, 5.41) is 10.8. The van der Waals surface area contributed by atoms with Crippen LogP contribution in [0, 0.1) is 11.8 Å². The smallest absolute Gasteiger partial charge is 0.161 e. The molecule has 1 aliphatic carbocycles. The fraction of sp³-hybridized carbons (Fsp3) is 0.714. The first kappa shape index (κ1) is 18.5. The minimum absolute atomic E-state index is 0.104. The molecule has 4 atom stereocenters. The van der Waals surface area contributed by atoms with Gasteiger partial charge in [0.15, 0.2) is 11.5 Å². The van der Waals surface area contributed by atoms with Gasteiger partial charge in [-0.05, 0) is 68.8 Å². The number of methoxy groups -OCH3 is 2. The van der Waals surface area contributed by atoms with Crippen molar-refractivity contribution in [3.63, 3.8) is 0 Å². The van der Waals surface area contributed by atoms with Crippen molar-refractivity contribution >= 4 is 0 Å². The van der Waals surface area contributed by atoms with E-state index in [0.717, 1.165) is 43.7 Å². The lowest BCUT2D eigenvalue weighted by Gasteiger charge is -2.47. The molecule has 0 amide bonds. The van der Waals surface area contributed by atoms with E-state index in [1.54, 1.807) is 14.2 Å². The van der Waals surface area contributed by atoms with Gasteiger partial charge >= 0.3 is 0 Å². The van der Waals surface area contributed by atoms with Gasteiger partial charge in [0.2, 0.25) is 0 Å². The Kier molecular flexibility index (Phi) is 5.31. The molecule has 0 aromatic heterocycles. The fourth-order valence-electron chi connectivity index (χ4n) is 5.24. The molecule has 25 heavy (non-hydrogen) atoms. The monoisotopic (exact) mass is 347 g/mol. The maximum absolute atomic E-state index is 10.8. The van der Waals surface area contributed by atoms with Crippen molar-refractivity contribution in [2.24, 2.45) is 11.8 Å². The number of likely N-dealkylation sites (N-methyl/N-ethyl adjacent to an activating group) is 1. The first-order valence-corrected chi connectivity index (χ1v) is 9.52. The van der Waals surface area contributed by atoms with E-state index >= 15 is 0 Å². The highest BCUT2D eigenvalue weighted by Crippen LogP contribution is 2.52. The van der Waals surface area contributed by atoms with E-state index in [2.05, 4.69) is 37.9 Å². The van der Waals surface area contributed by atoms with Crippen molar-refractivity contribution in [3.8, 4) is 11.5 Å². The summed E-state index contributed by atoms with van der Waals surface area (Å²) in [4.78, 5) is 2.44. The molecule has 1 aliphatic heterocycles. The quantitative estimate of drug-likeness (QED) is 0.886. The number of rotatable bonds is 5. The van der Waals surface area contributed by atoms with Gasteiger partial charge in [-0.15, -0.1) is 0 Å². The lowest BCUT2D eigenvalue weighted by Crippen LogP contribution is -2.51. The number of likely N-dealkylation sites (tertiary alicyclic amines) is 1. The predicted molar refractivity (Wildman–Crippen MR) is 100 cm³/mol. The van der Waals surface area contributed by atoms with E-state index in [9.17, 15) is 5.11 Å². The zero-order chi connectivity index (χ0) is 18.2. The number of aliphatic hydroxyl groups is 1. The minimum Gasteiger partial charge on any atom is -0.493 e. The summed E-state index contributed by atoms with van der Waals surface area (Å²) < 4.78 is 11.0. The van der Waals surface area contributed by atoms with Crippen molar-refractivity contribution in [2.45, 2.75) is 57.1 Å². The third-order valence-electron chi connectivity index (χ3n) is 6.45. The second-order valence-corrected chi connectivity index (χ2v) is 8.37. The van der Waals surface area contributed by atoms with Crippen LogP contribution in [-0.4, -0.2) is 50.0 Å². The Morgan fingerprint density at radius 2 is 1.96 bits per heavy atom. The summed E-state index contributed by atoms with van der Waals surface area (Å²) in [7, 11) is 5.57. The normalized spacial score (nSPS) is 32.7. The van der Waals surface area contributed by atoms with Gasteiger partial charge in [0.25, 0.3) is 0 Å². The Hall–Kier alpha value is -1.26. The molecule has 1 aromatic carbocycles. The van der Waals surface area contributed by atoms with E-state index < -0.39 is 0 Å². The van der Waals surface area contributed by atoms with Crippen LogP contribution in [0.2, 0.25) is 0 Å². The van der Waals surface area contributed by atoms with Crippen molar-refractivity contribution < 1.29 is 14.6 Å². The highest BCUT2D eigenvalue weighted by atomic mass is 16.5. The number of benzene rings is 1. The van der Waals surface area contributed by atoms with Gasteiger partial charge in [-0.25, -0.2) is 0 Å². The molecule has 4 heteroatoms. The summed E-state index contributed by atoms with van der Waals surface area (Å²) in [6.45, 7) is 5.59. The molecule has 1 aromatic rings. The summed E-state index contributed by atoms with van der Waals surface area (Å²) in [5.74, 6) is 2.56. The average Bonchev–Trinajstić information content (AvgIpc) is 2.91. The largest absolute Gasteiger partial charge is 0.493 e. The Morgan fingerprint density at radius 3 is 2.60 bits per heavy atom. The first-order valence-electron chi connectivity index (χ1n) is 9.52. The van der Waals surface area contributed by atoms with E-state index in [1.165, 1.54) is 5.56 Å². The zero-order valence-electron chi connectivity index (χ0n) is 16.3. The molecule has 0 spiro atoms. The Bertz CT molecular complexity index is 603. The van der Waals surface area contributed by atoms with Crippen LogP contribution in [0.3, 0.4) is 0 Å². The van der Waals surface area contributed by atoms with E-state index in [1.807, 2.05) is 6.07 Å². The molecule has 1 saturated carbocycles. The van der Waals surface area contributed by atoms with E-state index in [0.29, 0.717) is 17.9 Å². The van der Waals surface area contributed by atoms with Crippen LogP contribution in [0.4, 0.5) is 0 Å². The maximum Gasteiger partial charge on any atom is 0.161 e. The van der Waals surface area contributed by atoms with Crippen LogP contribution in [0.25, 0.3) is 0 Å². The molecule has 1 heterocycles. The molecule has 2 aliphatic rings. The van der Waals surface area contributed by atoms with Gasteiger partial charge < -0.3 is 19.5 Å². The predicted octanol–water partition coefficient (Wildman–Crippen LogP) is 3.46. The lowest BCUT2D eigenvalue weighted by molar-refractivity contribution is -0.000799. The van der Waals surface area contributed by atoms with E-state index in [-0.39, 0.29) is 11.5 Å². The first-order chi connectivity index (χ1) is 11.9. The number of aliphatic hydroxyl groups excluding tert-OH is 1. The molecule has 3 rings (SSSR count). The zero-order valence-corrected chi connectivity index (χ0v) is 16.3. The topological polar surface area (TPSA) is 41.9 Å². The molecule has 140 valence electrons. The third-order valence-corrected chi connectivity index (χ3v) is 6.45. The summed E-state index contributed by atoms with van der Waals surface area (Å²) in [5.41, 5.74) is 1.44. The van der Waals surface area contributed by atoms with Crippen LogP contribution >= 0.6 is 0 Å². The number of fused-ring (bicyclic) bond motifs is 1. The molecular formula is C21H33NO3. The summed E-state index contributed by atoms with van der Waals surface area (Å²) in [6.07, 6.45) is 3.96. The van der Waals surface area contributed by atoms with Gasteiger partial charge in [0.05, 0.1) is 20.3 Å². The second-order valence-electron chi connectivity index (χ2n) is 8.37. The fourth-order valence-corrected chi connectivity index (χ4v) is 5.24. The van der Waals surface area contributed by atoms with E-state index in [4.69, 9.17) is 9.47 Å². The van der Waals surface area contributed by atoms with Crippen molar-refractivity contribution in [1.82, 2.24) is 4.90 Å². The van der Waals surface area contributed by atoms with Crippen molar-refractivity contribution in [2.75, 3.05) is 27.8 Å². The molecule has 0 bridgehead atoms. The van der Waals surface area contributed by atoms with Gasteiger partial charge in [-0.3, -0.25) is 0 Å². The molecule has 0 radical (unpaired) electrons. The Balaban J connectivity index is 2.00. The molecule has 1 saturated heterocycles. The molecule has 4 nitrogen and oxygen atoms in total. The van der Waals surface area contributed by atoms with Gasteiger partial charge in [0, 0.05) is 11.5 Å². The van der Waals surface area contributed by atoms with Crippen LogP contribution in [0.5, 0.6) is 11.5 Å². The number of nitrogens with zero attached hydrogens (tertiary/aromatic N) is 1. The Labute approximate surface area is 152 Å². The van der Waals surface area contributed by atoms with Crippen LogP contribution in [-0.2, 0) is 5.41 Å². The molecule has 0 unspecified atom stereocenters. The number of ether oxygens (including phenoxy) is 2. The lowest BCUT2D eigenvalue weighted by atomic mass is 9.61.